The Balaban J connectivity index is 1.73. The van der Waals surface area contributed by atoms with Gasteiger partial charge in [0.2, 0.25) is 0 Å². The minimum absolute atomic E-state index is 0.133. The molecule has 1 N–H and O–H groups in total. The number of rotatable bonds is 5. The molecule has 1 heterocycles. The molecule has 5 heteroatoms. The molecule has 0 aliphatic rings. The molecule has 1 atom stereocenters. The summed E-state index contributed by atoms with van der Waals surface area (Å²) in [5.41, 5.74) is 3.74. The van der Waals surface area contributed by atoms with Gasteiger partial charge in [0.15, 0.2) is 0 Å². The van der Waals surface area contributed by atoms with Crippen molar-refractivity contribution in [3.05, 3.63) is 107 Å². The molecule has 0 fully saturated rings. The monoisotopic (exact) mass is 401 g/mol. The van der Waals surface area contributed by atoms with Crippen molar-refractivity contribution < 1.29 is 4.79 Å². The Kier molecular flexibility index (Phi) is 5.45. The van der Waals surface area contributed by atoms with Crippen molar-refractivity contribution in [3.8, 4) is 16.9 Å². The number of carbonyl (C=O) groups excluding carboxylic acids is 1. The molecule has 29 heavy (non-hydrogen) atoms. The first-order chi connectivity index (χ1) is 14.1. The van der Waals surface area contributed by atoms with Crippen LogP contribution in [0.4, 0.5) is 0 Å². The van der Waals surface area contributed by atoms with E-state index in [1.165, 1.54) is 0 Å². The number of carbonyl (C=O) groups is 1. The van der Waals surface area contributed by atoms with Gasteiger partial charge < -0.3 is 5.32 Å². The van der Waals surface area contributed by atoms with E-state index in [1.807, 2.05) is 91.9 Å². The number of hydrogen-bond acceptors (Lipinski definition) is 2. The third kappa shape index (κ3) is 4.08. The van der Waals surface area contributed by atoms with E-state index >= 15 is 0 Å². The Hall–Kier alpha value is -3.37. The van der Waals surface area contributed by atoms with E-state index in [4.69, 9.17) is 11.6 Å². The Bertz CT molecular complexity index is 1120. The van der Waals surface area contributed by atoms with Gasteiger partial charge in [-0.05, 0) is 36.8 Å². The van der Waals surface area contributed by atoms with Gasteiger partial charge in [0.1, 0.15) is 5.69 Å². The van der Waals surface area contributed by atoms with Gasteiger partial charge in [-0.15, -0.1) is 0 Å². The van der Waals surface area contributed by atoms with E-state index in [-0.39, 0.29) is 11.9 Å². The van der Waals surface area contributed by atoms with E-state index in [2.05, 4.69) is 10.4 Å². The molecule has 144 valence electrons. The lowest BCUT2D eigenvalue weighted by molar-refractivity contribution is 0.0932. The van der Waals surface area contributed by atoms with Crippen LogP contribution in [0, 0.1) is 0 Å². The summed E-state index contributed by atoms with van der Waals surface area (Å²) in [6.45, 7) is 1.96. The highest BCUT2D eigenvalue weighted by Gasteiger charge is 2.20. The zero-order chi connectivity index (χ0) is 20.2. The first-order valence-electron chi connectivity index (χ1n) is 9.39. The van der Waals surface area contributed by atoms with Gasteiger partial charge in [-0.25, -0.2) is 4.68 Å². The third-order valence-corrected chi connectivity index (χ3v) is 5.07. The predicted octanol–water partition coefficient (Wildman–Crippen LogP) is 5.68. The smallest absolute Gasteiger partial charge is 0.270 e. The molecule has 1 aromatic heterocycles. The fraction of sp³-hybridized carbons (Fsp3) is 0.0833. The summed E-state index contributed by atoms with van der Waals surface area (Å²) in [6.07, 6.45) is 0. The average molecular weight is 402 g/mol. The SMILES string of the molecule is C[C@@H](NC(=O)c1cc(-c2ccccc2Cl)nn1-c1ccccc1)c1ccccc1. The topological polar surface area (TPSA) is 46.9 Å². The maximum absolute atomic E-state index is 13.1. The summed E-state index contributed by atoms with van der Waals surface area (Å²) >= 11 is 6.36. The standard InChI is InChI=1S/C24H20ClN3O/c1-17(18-10-4-2-5-11-18)26-24(29)23-16-22(20-14-8-9-15-21(20)25)27-28(23)19-12-6-3-7-13-19/h2-17H,1H3,(H,26,29)/t17-/m1/s1. The van der Waals surface area contributed by atoms with E-state index in [1.54, 1.807) is 10.7 Å². The van der Waals surface area contributed by atoms with Crippen LogP contribution in [-0.4, -0.2) is 15.7 Å². The van der Waals surface area contributed by atoms with Crippen LogP contribution < -0.4 is 5.32 Å². The van der Waals surface area contributed by atoms with Crippen LogP contribution in [0.1, 0.15) is 29.0 Å². The summed E-state index contributed by atoms with van der Waals surface area (Å²) in [5.74, 6) is -0.198. The second-order valence-corrected chi connectivity index (χ2v) is 7.16. The Morgan fingerprint density at radius 1 is 0.931 bits per heavy atom. The maximum Gasteiger partial charge on any atom is 0.270 e. The summed E-state index contributed by atoms with van der Waals surface area (Å²) in [7, 11) is 0. The molecule has 0 saturated carbocycles. The van der Waals surface area contributed by atoms with Crippen molar-refractivity contribution in [2.24, 2.45) is 0 Å². The van der Waals surface area contributed by atoms with Crippen LogP contribution in [0.25, 0.3) is 16.9 Å². The van der Waals surface area contributed by atoms with Crippen molar-refractivity contribution in [2.75, 3.05) is 0 Å². The molecule has 1 amide bonds. The van der Waals surface area contributed by atoms with Gasteiger partial charge in [-0.1, -0.05) is 78.3 Å². The molecule has 0 spiro atoms. The average Bonchev–Trinajstić information content (AvgIpc) is 3.21. The van der Waals surface area contributed by atoms with Crippen molar-refractivity contribution in [3.63, 3.8) is 0 Å². The van der Waals surface area contributed by atoms with Gasteiger partial charge >= 0.3 is 0 Å². The molecule has 0 unspecified atom stereocenters. The van der Waals surface area contributed by atoms with E-state index in [0.717, 1.165) is 16.8 Å². The van der Waals surface area contributed by atoms with Crippen molar-refractivity contribution in [1.82, 2.24) is 15.1 Å². The van der Waals surface area contributed by atoms with Gasteiger partial charge in [-0.2, -0.15) is 5.10 Å². The number of amides is 1. The molecule has 0 radical (unpaired) electrons. The predicted molar refractivity (Wildman–Crippen MR) is 116 cm³/mol. The number of halogens is 1. The minimum Gasteiger partial charge on any atom is -0.344 e. The fourth-order valence-corrected chi connectivity index (χ4v) is 3.44. The Morgan fingerprint density at radius 2 is 1.55 bits per heavy atom. The van der Waals surface area contributed by atoms with E-state index < -0.39 is 0 Å². The summed E-state index contributed by atoms with van der Waals surface area (Å²) in [5, 5.41) is 8.35. The van der Waals surface area contributed by atoms with Crippen LogP contribution in [0.15, 0.2) is 91.0 Å². The number of para-hydroxylation sites is 1. The van der Waals surface area contributed by atoms with Crippen LogP contribution >= 0.6 is 11.6 Å². The maximum atomic E-state index is 13.1. The van der Waals surface area contributed by atoms with Crippen LogP contribution in [0.2, 0.25) is 5.02 Å². The lowest BCUT2D eigenvalue weighted by Gasteiger charge is -2.15. The summed E-state index contributed by atoms with van der Waals surface area (Å²) in [4.78, 5) is 13.1. The highest BCUT2D eigenvalue weighted by molar-refractivity contribution is 6.33. The Morgan fingerprint density at radius 3 is 2.24 bits per heavy atom. The number of aromatic nitrogens is 2. The van der Waals surface area contributed by atoms with E-state index in [9.17, 15) is 4.79 Å². The summed E-state index contributed by atoms with van der Waals surface area (Å²) < 4.78 is 1.66. The van der Waals surface area contributed by atoms with Crippen molar-refractivity contribution in [2.45, 2.75) is 13.0 Å². The van der Waals surface area contributed by atoms with Crippen LogP contribution in [-0.2, 0) is 0 Å². The third-order valence-electron chi connectivity index (χ3n) is 4.74. The normalized spacial score (nSPS) is 11.8. The number of nitrogens with one attached hydrogen (secondary N) is 1. The number of benzene rings is 3. The lowest BCUT2D eigenvalue weighted by atomic mass is 10.1. The second-order valence-electron chi connectivity index (χ2n) is 6.75. The molecule has 0 aliphatic carbocycles. The molecule has 4 aromatic rings. The van der Waals surface area contributed by atoms with Crippen molar-refractivity contribution in [1.29, 1.82) is 0 Å². The summed E-state index contributed by atoms with van der Waals surface area (Å²) in [6, 6.07) is 28.6. The first kappa shape index (κ1) is 19.0. The highest BCUT2D eigenvalue weighted by Crippen LogP contribution is 2.28. The molecular weight excluding hydrogens is 382 g/mol. The van der Waals surface area contributed by atoms with Gasteiger partial charge in [-0.3, -0.25) is 4.79 Å². The minimum atomic E-state index is -0.198. The molecule has 0 aliphatic heterocycles. The molecular formula is C24H20ClN3O. The van der Waals surface area contributed by atoms with Crippen LogP contribution in [0.3, 0.4) is 0 Å². The van der Waals surface area contributed by atoms with Crippen molar-refractivity contribution >= 4 is 17.5 Å². The quantitative estimate of drug-likeness (QED) is 0.467. The second kappa shape index (κ2) is 8.33. The molecule has 4 nitrogen and oxygen atoms in total. The fourth-order valence-electron chi connectivity index (χ4n) is 3.21. The van der Waals surface area contributed by atoms with E-state index in [0.29, 0.717) is 16.4 Å². The van der Waals surface area contributed by atoms with Gasteiger partial charge in [0, 0.05) is 5.56 Å². The first-order valence-corrected chi connectivity index (χ1v) is 9.77. The molecule has 3 aromatic carbocycles. The molecule has 4 rings (SSSR count). The molecule has 0 saturated heterocycles. The largest absolute Gasteiger partial charge is 0.344 e. The zero-order valence-corrected chi connectivity index (χ0v) is 16.7. The number of nitrogens with zero attached hydrogens (tertiary/aromatic N) is 2. The van der Waals surface area contributed by atoms with Gasteiger partial charge in [0.25, 0.3) is 5.91 Å². The highest BCUT2D eigenvalue weighted by atomic mass is 35.5. The van der Waals surface area contributed by atoms with Crippen LogP contribution in [0.5, 0.6) is 0 Å². The Labute approximate surface area is 174 Å². The zero-order valence-electron chi connectivity index (χ0n) is 15.9. The van der Waals surface area contributed by atoms with Gasteiger partial charge in [0.05, 0.1) is 22.4 Å². The lowest BCUT2D eigenvalue weighted by Crippen LogP contribution is -2.28. The number of hydrogen-bond donors (Lipinski definition) is 1. The molecule has 0 bridgehead atoms.